The largest absolute Gasteiger partial charge is 0.402 e. The molecule has 0 aliphatic rings. The lowest BCUT2D eigenvalue weighted by molar-refractivity contribution is -0.134. The SMILES string of the molecule is CCNCc1ccc(S(=O)(=O)N(C)CC(F)(F)F)cc1. The van der Waals surface area contributed by atoms with Crippen LogP contribution in [0.1, 0.15) is 12.5 Å². The second-order valence-electron chi connectivity index (χ2n) is 4.30. The van der Waals surface area contributed by atoms with Crippen molar-refractivity contribution in [3.05, 3.63) is 29.8 Å². The molecule has 0 fully saturated rings. The Bertz CT molecular complexity index is 527. The van der Waals surface area contributed by atoms with Gasteiger partial charge in [0, 0.05) is 13.6 Å². The van der Waals surface area contributed by atoms with E-state index in [-0.39, 0.29) is 4.90 Å². The van der Waals surface area contributed by atoms with Crippen LogP contribution in [0.25, 0.3) is 0 Å². The molecular formula is C12H17F3N2O2S. The Morgan fingerprint density at radius 2 is 1.75 bits per heavy atom. The van der Waals surface area contributed by atoms with Crippen molar-refractivity contribution in [3.63, 3.8) is 0 Å². The van der Waals surface area contributed by atoms with E-state index >= 15 is 0 Å². The Hall–Kier alpha value is -1.12. The molecule has 1 N–H and O–H groups in total. The van der Waals surface area contributed by atoms with Crippen molar-refractivity contribution in [2.24, 2.45) is 0 Å². The molecule has 1 rings (SSSR count). The number of sulfonamides is 1. The zero-order valence-electron chi connectivity index (χ0n) is 11.2. The molecule has 0 saturated carbocycles. The quantitative estimate of drug-likeness (QED) is 0.874. The lowest BCUT2D eigenvalue weighted by atomic mass is 10.2. The summed E-state index contributed by atoms with van der Waals surface area (Å²) in [4.78, 5) is -0.149. The average Bonchev–Trinajstić information content (AvgIpc) is 2.34. The van der Waals surface area contributed by atoms with Crippen LogP contribution in [-0.2, 0) is 16.6 Å². The number of nitrogens with one attached hydrogen (secondary N) is 1. The second kappa shape index (κ2) is 6.55. The molecule has 1 aromatic carbocycles. The fourth-order valence-electron chi connectivity index (χ4n) is 1.57. The fourth-order valence-corrected chi connectivity index (χ4v) is 2.72. The number of halogens is 3. The average molecular weight is 310 g/mol. The first kappa shape index (κ1) is 16.9. The van der Waals surface area contributed by atoms with Crippen LogP contribution in [-0.4, -0.2) is 39.0 Å². The third-order valence-corrected chi connectivity index (χ3v) is 4.43. The van der Waals surface area contributed by atoms with Crippen molar-refractivity contribution in [1.29, 1.82) is 0 Å². The Labute approximate surface area is 116 Å². The maximum Gasteiger partial charge on any atom is 0.402 e. The maximum absolute atomic E-state index is 12.2. The lowest BCUT2D eigenvalue weighted by Gasteiger charge is -2.18. The van der Waals surface area contributed by atoms with E-state index in [1.807, 2.05) is 6.92 Å². The second-order valence-corrected chi connectivity index (χ2v) is 6.35. The van der Waals surface area contributed by atoms with E-state index in [1.165, 1.54) is 12.1 Å². The Kier molecular flexibility index (Phi) is 5.55. The summed E-state index contributed by atoms with van der Waals surface area (Å²) in [6.45, 7) is 1.78. The van der Waals surface area contributed by atoms with Gasteiger partial charge in [-0.1, -0.05) is 19.1 Å². The van der Waals surface area contributed by atoms with Crippen LogP contribution in [0.15, 0.2) is 29.2 Å². The van der Waals surface area contributed by atoms with E-state index in [4.69, 9.17) is 0 Å². The number of rotatable bonds is 6. The molecule has 114 valence electrons. The number of hydrogen-bond donors (Lipinski definition) is 1. The van der Waals surface area contributed by atoms with Gasteiger partial charge in [0.05, 0.1) is 4.90 Å². The predicted molar refractivity (Wildman–Crippen MR) is 69.7 cm³/mol. The molecule has 0 radical (unpaired) electrons. The monoisotopic (exact) mass is 310 g/mol. The highest BCUT2D eigenvalue weighted by atomic mass is 32.2. The smallest absolute Gasteiger partial charge is 0.313 e. The summed E-state index contributed by atoms with van der Waals surface area (Å²) in [5, 5.41) is 3.07. The third-order valence-electron chi connectivity index (χ3n) is 2.61. The Morgan fingerprint density at radius 3 is 2.20 bits per heavy atom. The summed E-state index contributed by atoms with van der Waals surface area (Å²) < 4.78 is 60.9. The molecule has 0 spiro atoms. The van der Waals surface area contributed by atoms with Crippen LogP contribution in [0.2, 0.25) is 0 Å². The molecule has 20 heavy (non-hydrogen) atoms. The number of hydrogen-bond acceptors (Lipinski definition) is 3. The van der Waals surface area contributed by atoms with E-state index in [1.54, 1.807) is 12.1 Å². The van der Waals surface area contributed by atoms with E-state index in [0.717, 1.165) is 19.2 Å². The van der Waals surface area contributed by atoms with Gasteiger partial charge in [0.1, 0.15) is 6.54 Å². The van der Waals surface area contributed by atoms with Crippen molar-refractivity contribution < 1.29 is 21.6 Å². The Morgan fingerprint density at radius 1 is 1.20 bits per heavy atom. The molecule has 1 aromatic rings. The molecule has 0 heterocycles. The molecule has 0 aliphatic heterocycles. The van der Waals surface area contributed by atoms with Gasteiger partial charge in [-0.3, -0.25) is 0 Å². The van der Waals surface area contributed by atoms with Crippen molar-refractivity contribution in [2.75, 3.05) is 20.1 Å². The zero-order chi connectivity index (χ0) is 15.4. The van der Waals surface area contributed by atoms with Crippen molar-refractivity contribution in [3.8, 4) is 0 Å². The van der Waals surface area contributed by atoms with Gasteiger partial charge in [0.2, 0.25) is 10.0 Å². The molecule has 8 heteroatoms. The Balaban J connectivity index is 2.87. The third kappa shape index (κ3) is 4.77. The highest BCUT2D eigenvalue weighted by molar-refractivity contribution is 7.89. The van der Waals surface area contributed by atoms with Crippen LogP contribution >= 0.6 is 0 Å². The number of alkyl halides is 3. The summed E-state index contributed by atoms with van der Waals surface area (Å²) >= 11 is 0. The van der Waals surface area contributed by atoms with Gasteiger partial charge < -0.3 is 5.32 Å². The maximum atomic E-state index is 12.2. The van der Waals surface area contributed by atoms with Crippen LogP contribution in [0.4, 0.5) is 13.2 Å². The van der Waals surface area contributed by atoms with Crippen LogP contribution < -0.4 is 5.32 Å². The zero-order valence-corrected chi connectivity index (χ0v) is 12.1. The number of benzene rings is 1. The van der Waals surface area contributed by atoms with Gasteiger partial charge in [-0.2, -0.15) is 17.5 Å². The van der Waals surface area contributed by atoms with Gasteiger partial charge in [0.25, 0.3) is 0 Å². The first-order valence-electron chi connectivity index (χ1n) is 5.99. The summed E-state index contributed by atoms with van der Waals surface area (Å²) in [6.07, 6.45) is -4.56. The molecule has 0 amide bonds. The molecule has 0 aliphatic carbocycles. The van der Waals surface area contributed by atoms with Crippen LogP contribution in [0.5, 0.6) is 0 Å². The molecule has 0 aromatic heterocycles. The molecule has 0 saturated heterocycles. The highest BCUT2D eigenvalue weighted by Crippen LogP contribution is 2.21. The number of nitrogens with zero attached hydrogens (tertiary/aromatic N) is 1. The van der Waals surface area contributed by atoms with E-state index in [2.05, 4.69) is 5.32 Å². The van der Waals surface area contributed by atoms with Gasteiger partial charge in [0.15, 0.2) is 0 Å². The molecule has 0 unspecified atom stereocenters. The molecule has 0 atom stereocenters. The predicted octanol–water partition coefficient (Wildman–Crippen LogP) is 1.98. The molecular weight excluding hydrogens is 293 g/mol. The minimum atomic E-state index is -4.56. The van der Waals surface area contributed by atoms with Crippen LogP contribution in [0, 0.1) is 0 Å². The highest BCUT2D eigenvalue weighted by Gasteiger charge is 2.34. The van der Waals surface area contributed by atoms with Crippen molar-refractivity contribution in [1.82, 2.24) is 9.62 Å². The summed E-state index contributed by atoms with van der Waals surface area (Å²) in [5.74, 6) is 0. The van der Waals surface area contributed by atoms with E-state index in [9.17, 15) is 21.6 Å². The van der Waals surface area contributed by atoms with Gasteiger partial charge in [-0.15, -0.1) is 0 Å². The first-order valence-corrected chi connectivity index (χ1v) is 7.43. The molecule has 4 nitrogen and oxygen atoms in total. The van der Waals surface area contributed by atoms with Crippen molar-refractivity contribution in [2.45, 2.75) is 24.5 Å². The summed E-state index contributed by atoms with van der Waals surface area (Å²) in [5.41, 5.74) is 0.865. The lowest BCUT2D eigenvalue weighted by Crippen LogP contribution is -2.35. The fraction of sp³-hybridized carbons (Fsp3) is 0.500. The topological polar surface area (TPSA) is 49.4 Å². The van der Waals surface area contributed by atoms with Gasteiger partial charge in [-0.25, -0.2) is 8.42 Å². The minimum absolute atomic E-state index is 0.149. The standard InChI is InChI=1S/C12H17F3N2O2S/c1-3-16-8-10-4-6-11(7-5-10)20(18,19)17(2)9-12(13,14)15/h4-7,16H,3,8-9H2,1-2H3. The van der Waals surface area contributed by atoms with E-state index in [0.29, 0.717) is 10.8 Å². The first-order chi connectivity index (χ1) is 9.16. The molecule has 0 bridgehead atoms. The normalized spacial score (nSPS) is 12.9. The van der Waals surface area contributed by atoms with Crippen molar-refractivity contribution >= 4 is 10.0 Å². The van der Waals surface area contributed by atoms with Gasteiger partial charge >= 0.3 is 6.18 Å². The summed E-state index contributed by atoms with van der Waals surface area (Å²) in [7, 11) is -3.20. The van der Waals surface area contributed by atoms with E-state index < -0.39 is 22.7 Å². The van der Waals surface area contributed by atoms with Crippen LogP contribution in [0.3, 0.4) is 0 Å². The minimum Gasteiger partial charge on any atom is -0.313 e. The van der Waals surface area contributed by atoms with Gasteiger partial charge in [-0.05, 0) is 24.2 Å². The summed E-state index contributed by atoms with van der Waals surface area (Å²) in [6, 6.07) is 5.79.